The number of nitrogens with zero attached hydrogens (tertiary/aromatic N) is 1. The van der Waals surface area contributed by atoms with Crippen LogP contribution in [0.1, 0.15) is 29.2 Å². The summed E-state index contributed by atoms with van der Waals surface area (Å²) in [7, 11) is 0. The molecular weight excluding hydrogens is 206 g/mol. The summed E-state index contributed by atoms with van der Waals surface area (Å²) >= 11 is 0. The monoisotopic (exact) mass is 223 g/mol. The van der Waals surface area contributed by atoms with E-state index in [9.17, 15) is 4.79 Å². The summed E-state index contributed by atoms with van der Waals surface area (Å²) in [4.78, 5) is 13.8. The molecule has 1 amide bonds. The summed E-state index contributed by atoms with van der Waals surface area (Å²) in [6.45, 7) is 3.53. The molecule has 0 aromatic carbocycles. The Labute approximate surface area is 94.9 Å². The second kappa shape index (κ2) is 4.70. The van der Waals surface area contributed by atoms with Crippen molar-refractivity contribution in [3.8, 4) is 0 Å². The molecule has 0 spiro atoms. The smallest absolute Gasteiger partial charge is 0.289 e. The number of aryl methyl sites for hydroxylation is 1. The van der Waals surface area contributed by atoms with Crippen molar-refractivity contribution in [3.05, 3.63) is 23.7 Å². The van der Waals surface area contributed by atoms with Crippen molar-refractivity contribution in [3.63, 3.8) is 0 Å². The quantitative estimate of drug-likeness (QED) is 0.843. The van der Waals surface area contributed by atoms with E-state index >= 15 is 0 Å². The number of likely N-dealkylation sites (tertiary alicyclic amines) is 1. The van der Waals surface area contributed by atoms with Gasteiger partial charge in [0.2, 0.25) is 0 Å². The molecule has 16 heavy (non-hydrogen) atoms. The van der Waals surface area contributed by atoms with Crippen LogP contribution in [0.4, 0.5) is 0 Å². The lowest BCUT2D eigenvalue weighted by Gasteiger charge is -2.14. The fraction of sp³-hybridized carbons (Fsp3) is 0.583. The van der Waals surface area contributed by atoms with E-state index in [0.717, 1.165) is 31.7 Å². The van der Waals surface area contributed by atoms with Crippen LogP contribution in [-0.2, 0) is 0 Å². The summed E-state index contributed by atoms with van der Waals surface area (Å²) in [5, 5.41) is 8.85. The van der Waals surface area contributed by atoms with E-state index in [1.807, 2.05) is 6.92 Å². The number of rotatable bonds is 3. The first-order valence-electron chi connectivity index (χ1n) is 5.67. The van der Waals surface area contributed by atoms with E-state index in [4.69, 9.17) is 9.52 Å². The first-order chi connectivity index (χ1) is 7.70. The lowest BCUT2D eigenvalue weighted by atomic mass is 10.1. The van der Waals surface area contributed by atoms with Crippen molar-refractivity contribution in [2.45, 2.75) is 19.8 Å². The van der Waals surface area contributed by atoms with E-state index in [-0.39, 0.29) is 12.5 Å². The van der Waals surface area contributed by atoms with Gasteiger partial charge in [0.1, 0.15) is 5.76 Å². The van der Waals surface area contributed by atoms with E-state index in [0.29, 0.717) is 11.7 Å². The topological polar surface area (TPSA) is 53.7 Å². The highest BCUT2D eigenvalue weighted by molar-refractivity contribution is 5.91. The maximum atomic E-state index is 12.0. The number of aliphatic hydroxyl groups excluding tert-OH is 1. The Morgan fingerprint density at radius 2 is 2.44 bits per heavy atom. The van der Waals surface area contributed by atoms with Crippen LogP contribution >= 0.6 is 0 Å². The molecule has 1 atom stereocenters. The van der Waals surface area contributed by atoms with Crippen LogP contribution < -0.4 is 0 Å². The Bertz CT molecular complexity index is 372. The molecule has 1 aliphatic heterocycles. The van der Waals surface area contributed by atoms with Gasteiger partial charge in [-0.15, -0.1) is 0 Å². The van der Waals surface area contributed by atoms with Crippen molar-refractivity contribution in [2.24, 2.45) is 5.92 Å². The Hall–Kier alpha value is -1.29. The minimum absolute atomic E-state index is 0.0338. The average molecular weight is 223 g/mol. The molecular formula is C12H17NO3. The predicted molar refractivity (Wildman–Crippen MR) is 59.2 cm³/mol. The maximum Gasteiger partial charge on any atom is 0.289 e. The molecule has 1 N–H and O–H groups in total. The Balaban J connectivity index is 1.97. The van der Waals surface area contributed by atoms with Crippen molar-refractivity contribution < 1.29 is 14.3 Å². The second-order valence-electron chi connectivity index (χ2n) is 4.33. The zero-order chi connectivity index (χ0) is 11.5. The van der Waals surface area contributed by atoms with Crippen molar-refractivity contribution in [1.29, 1.82) is 0 Å². The van der Waals surface area contributed by atoms with Gasteiger partial charge in [-0.05, 0) is 37.8 Å². The maximum absolute atomic E-state index is 12.0. The molecule has 1 aromatic rings. The molecule has 0 saturated carbocycles. The first kappa shape index (κ1) is 11.2. The molecule has 4 nitrogen and oxygen atoms in total. The molecule has 1 unspecified atom stereocenters. The first-order valence-corrected chi connectivity index (χ1v) is 5.67. The summed E-state index contributed by atoms with van der Waals surface area (Å²) in [6.07, 6.45) is 1.76. The van der Waals surface area contributed by atoms with Gasteiger partial charge in [-0.2, -0.15) is 0 Å². The number of furan rings is 1. The summed E-state index contributed by atoms with van der Waals surface area (Å²) in [6, 6.07) is 3.52. The largest absolute Gasteiger partial charge is 0.456 e. The summed E-state index contributed by atoms with van der Waals surface area (Å²) < 4.78 is 5.31. The SMILES string of the molecule is Cc1ccc(C(=O)N2CCC(CCO)C2)o1. The third kappa shape index (κ3) is 2.27. The fourth-order valence-corrected chi connectivity index (χ4v) is 2.14. The van der Waals surface area contributed by atoms with Gasteiger partial charge in [0.25, 0.3) is 5.91 Å². The Morgan fingerprint density at radius 1 is 1.62 bits per heavy atom. The van der Waals surface area contributed by atoms with Gasteiger partial charge >= 0.3 is 0 Å². The van der Waals surface area contributed by atoms with Crippen molar-refractivity contribution in [1.82, 2.24) is 4.90 Å². The average Bonchev–Trinajstić information content (AvgIpc) is 2.87. The van der Waals surface area contributed by atoms with E-state index in [2.05, 4.69) is 0 Å². The summed E-state index contributed by atoms with van der Waals surface area (Å²) in [5.41, 5.74) is 0. The minimum Gasteiger partial charge on any atom is -0.456 e. The third-order valence-electron chi connectivity index (χ3n) is 3.06. The number of hydrogen-bond acceptors (Lipinski definition) is 3. The molecule has 1 fully saturated rings. The van der Waals surface area contributed by atoms with Crippen molar-refractivity contribution in [2.75, 3.05) is 19.7 Å². The van der Waals surface area contributed by atoms with Crippen LogP contribution in [0, 0.1) is 12.8 Å². The highest BCUT2D eigenvalue weighted by atomic mass is 16.3. The van der Waals surface area contributed by atoms with Crippen molar-refractivity contribution >= 4 is 5.91 Å². The third-order valence-corrected chi connectivity index (χ3v) is 3.06. The van der Waals surface area contributed by atoms with Gasteiger partial charge in [0.15, 0.2) is 5.76 Å². The molecule has 2 heterocycles. The lowest BCUT2D eigenvalue weighted by Crippen LogP contribution is -2.28. The number of carbonyl (C=O) groups excluding carboxylic acids is 1. The van der Waals surface area contributed by atoms with Gasteiger partial charge in [-0.25, -0.2) is 0 Å². The Morgan fingerprint density at radius 3 is 3.06 bits per heavy atom. The van der Waals surface area contributed by atoms with Gasteiger partial charge in [0.05, 0.1) is 0 Å². The molecule has 1 aliphatic rings. The number of hydrogen-bond donors (Lipinski definition) is 1. The number of aliphatic hydroxyl groups is 1. The molecule has 4 heteroatoms. The fourth-order valence-electron chi connectivity index (χ4n) is 2.14. The highest BCUT2D eigenvalue weighted by Crippen LogP contribution is 2.21. The molecule has 88 valence electrons. The van der Waals surface area contributed by atoms with Crippen LogP contribution in [0.5, 0.6) is 0 Å². The van der Waals surface area contributed by atoms with Gasteiger partial charge in [0, 0.05) is 19.7 Å². The highest BCUT2D eigenvalue weighted by Gasteiger charge is 2.27. The predicted octanol–water partition coefficient (Wildman–Crippen LogP) is 1.43. The van der Waals surface area contributed by atoms with Gasteiger partial charge in [-0.1, -0.05) is 0 Å². The van der Waals surface area contributed by atoms with Crippen LogP contribution in [0.3, 0.4) is 0 Å². The molecule has 0 radical (unpaired) electrons. The molecule has 1 saturated heterocycles. The standard InChI is InChI=1S/C12H17NO3/c1-9-2-3-11(16-9)12(15)13-6-4-10(8-13)5-7-14/h2-3,10,14H,4-8H2,1H3. The number of amides is 1. The van der Waals surface area contributed by atoms with Gasteiger partial charge in [-0.3, -0.25) is 4.79 Å². The summed E-state index contributed by atoms with van der Waals surface area (Å²) in [5.74, 6) is 1.58. The lowest BCUT2D eigenvalue weighted by molar-refractivity contribution is 0.0752. The minimum atomic E-state index is -0.0338. The number of carbonyl (C=O) groups is 1. The normalized spacial score (nSPS) is 20.4. The second-order valence-corrected chi connectivity index (χ2v) is 4.33. The van der Waals surface area contributed by atoms with E-state index < -0.39 is 0 Å². The zero-order valence-electron chi connectivity index (χ0n) is 9.48. The molecule has 0 bridgehead atoms. The van der Waals surface area contributed by atoms with E-state index in [1.54, 1.807) is 17.0 Å². The zero-order valence-corrected chi connectivity index (χ0v) is 9.48. The van der Waals surface area contributed by atoms with Gasteiger partial charge < -0.3 is 14.4 Å². The van der Waals surface area contributed by atoms with Crippen LogP contribution in [0.25, 0.3) is 0 Å². The Kier molecular flexibility index (Phi) is 3.29. The molecule has 0 aliphatic carbocycles. The molecule has 2 rings (SSSR count). The van der Waals surface area contributed by atoms with Crippen LogP contribution in [-0.4, -0.2) is 35.6 Å². The van der Waals surface area contributed by atoms with Crippen LogP contribution in [0.15, 0.2) is 16.5 Å². The molecule has 1 aromatic heterocycles. The van der Waals surface area contributed by atoms with Crippen LogP contribution in [0.2, 0.25) is 0 Å². The van der Waals surface area contributed by atoms with E-state index in [1.165, 1.54) is 0 Å².